The summed E-state index contributed by atoms with van der Waals surface area (Å²) in [6, 6.07) is 21.1. The Labute approximate surface area is 237 Å². The van der Waals surface area contributed by atoms with E-state index in [0.717, 1.165) is 21.7 Å². The molecule has 0 radical (unpaired) electrons. The van der Waals surface area contributed by atoms with E-state index < -0.39 is 40.2 Å². The van der Waals surface area contributed by atoms with Gasteiger partial charge in [0.2, 0.25) is 21.8 Å². The summed E-state index contributed by atoms with van der Waals surface area (Å²) < 4.78 is 42.0. The van der Waals surface area contributed by atoms with E-state index in [-0.39, 0.29) is 30.5 Å². The molecule has 3 aromatic rings. The first-order valence-electron chi connectivity index (χ1n) is 13.3. The van der Waals surface area contributed by atoms with Gasteiger partial charge in [0.1, 0.15) is 18.4 Å². The highest BCUT2D eigenvalue weighted by Gasteiger charge is 2.34. The molecule has 0 saturated carbocycles. The Morgan fingerprint density at radius 3 is 2.08 bits per heavy atom. The summed E-state index contributed by atoms with van der Waals surface area (Å²) in [6.07, 6.45) is 1.21. The molecule has 0 aliphatic carbocycles. The van der Waals surface area contributed by atoms with Gasteiger partial charge in [0.25, 0.3) is 0 Å². The molecule has 214 valence electrons. The molecule has 0 heterocycles. The van der Waals surface area contributed by atoms with Gasteiger partial charge in [-0.3, -0.25) is 13.9 Å². The van der Waals surface area contributed by atoms with Crippen LogP contribution in [0.25, 0.3) is 0 Å². The number of hydrogen-bond donors (Lipinski definition) is 1. The van der Waals surface area contributed by atoms with Crippen molar-refractivity contribution in [3.63, 3.8) is 0 Å². The highest BCUT2D eigenvalue weighted by atomic mass is 32.2. The zero-order valence-electron chi connectivity index (χ0n) is 23.7. The van der Waals surface area contributed by atoms with Gasteiger partial charge in [-0.15, -0.1) is 0 Å². The van der Waals surface area contributed by atoms with Gasteiger partial charge in [-0.1, -0.05) is 80.6 Å². The zero-order chi connectivity index (χ0) is 29.4. The van der Waals surface area contributed by atoms with Crippen LogP contribution < -0.4 is 9.62 Å². The van der Waals surface area contributed by atoms with Crippen molar-refractivity contribution < 1.29 is 22.4 Å². The van der Waals surface area contributed by atoms with E-state index in [1.54, 1.807) is 30.3 Å². The van der Waals surface area contributed by atoms with Crippen LogP contribution >= 0.6 is 0 Å². The molecule has 0 spiro atoms. The molecule has 3 rings (SSSR count). The van der Waals surface area contributed by atoms with E-state index in [4.69, 9.17) is 0 Å². The number of halogens is 1. The van der Waals surface area contributed by atoms with E-state index in [1.807, 2.05) is 70.2 Å². The van der Waals surface area contributed by atoms with Crippen LogP contribution in [0.5, 0.6) is 0 Å². The Morgan fingerprint density at radius 2 is 1.48 bits per heavy atom. The third-order valence-corrected chi connectivity index (χ3v) is 7.63. The van der Waals surface area contributed by atoms with Crippen molar-refractivity contribution in [1.29, 1.82) is 0 Å². The molecule has 40 heavy (non-hydrogen) atoms. The number of carbonyl (C=O) groups is 2. The maximum Gasteiger partial charge on any atom is 0.244 e. The number of rotatable bonds is 12. The lowest BCUT2D eigenvalue weighted by molar-refractivity contribution is -0.140. The molecular formula is C31H38FN3O4S. The highest BCUT2D eigenvalue weighted by molar-refractivity contribution is 7.92. The summed E-state index contributed by atoms with van der Waals surface area (Å²) in [6.45, 7) is 6.76. The van der Waals surface area contributed by atoms with E-state index in [1.165, 1.54) is 11.0 Å². The topological polar surface area (TPSA) is 86.8 Å². The number of benzene rings is 3. The van der Waals surface area contributed by atoms with E-state index in [9.17, 15) is 22.4 Å². The first-order chi connectivity index (χ1) is 18.9. The largest absolute Gasteiger partial charge is 0.352 e. The van der Waals surface area contributed by atoms with Crippen molar-refractivity contribution in [3.8, 4) is 0 Å². The minimum Gasteiger partial charge on any atom is -0.352 e. The first-order valence-corrected chi connectivity index (χ1v) is 15.2. The average molecular weight is 568 g/mol. The van der Waals surface area contributed by atoms with Crippen molar-refractivity contribution in [2.24, 2.45) is 0 Å². The van der Waals surface area contributed by atoms with Crippen molar-refractivity contribution in [2.45, 2.75) is 58.7 Å². The number of sulfonamides is 1. The number of para-hydroxylation sites is 1. The van der Waals surface area contributed by atoms with Crippen LogP contribution in [0.2, 0.25) is 0 Å². The fourth-order valence-corrected chi connectivity index (χ4v) is 5.41. The molecule has 7 nitrogen and oxygen atoms in total. The van der Waals surface area contributed by atoms with Crippen molar-refractivity contribution >= 4 is 27.5 Å². The van der Waals surface area contributed by atoms with Crippen molar-refractivity contribution in [3.05, 3.63) is 101 Å². The van der Waals surface area contributed by atoms with Crippen LogP contribution in [0.3, 0.4) is 0 Å². The van der Waals surface area contributed by atoms with Crippen LogP contribution in [0.1, 0.15) is 50.3 Å². The molecule has 1 atom stereocenters. The number of amides is 2. The molecule has 2 amide bonds. The lowest BCUT2D eigenvalue weighted by Crippen LogP contribution is -2.54. The molecule has 0 aliphatic heterocycles. The molecule has 3 aromatic carbocycles. The third-order valence-electron chi connectivity index (χ3n) is 6.51. The Kier molecular flexibility index (Phi) is 10.5. The normalized spacial score (nSPS) is 12.3. The first kappa shape index (κ1) is 30.8. The summed E-state index contributed by atoms with van der Waals surface area (Å²) in [7, 11) is -3.90. The average Bonchev–Trinajstić information content (AvgIpc) is 2.89. The predicted molar refractivity (Wildman–Crippen MR) is 157 cm³/mol. The predicted octanol–water partition coefficient (Wildman–Crippen LogP) is 4.88. The second-order valence-corrected chi connectivity index (χ2v) is 12.4. The fraction of sp³-hybridized carbons (Fsp3) is 0.355. The molecule has 0 aliphatic rings. The summed E-state index contributed by atoms with van der Waals surface area (Å²) in [5.41, 5.74) is 2.19. The van der Waals surface area contributed by atoms with Gasteiger partial charge in [-0.25, -0.2) is 12.8 Å². The van der Waals surface area contributed by atoms with Gasteiger partial charge < -0.3 is 10.2 Å². The molecule has 0 unspecified atom stereocenters. The van der Waals surface area contributed by atoms with Crippen molar-refractivity contribution in [1.82, 2.24) is 10.2 Å². The molecule has 0 saturated heterocycles. The Balaban J connectivity index is 2.10. The molecule has 0 fully saturated rings. The number of anilines is 1. The highest BCUT2D eigenvalue weighted by Crippen LogP contribution is 2.29. The van der Waals surface area contributed by atoms with Crippen LogP contribution in [0, 0.1) is 5.82 Å². The summed E-state index contributed by atoms with van der Waals surface area (Å²) in [5, 5.41) is 2.88. The zero-order valence-corrected chi connectivity index (χ0v) is 24.5. The monoisotopic (exact) mass is 567 g/mol. The molecule has 1 N–H and O–H groups in total. The Morgan fingerprint density at radius 1 is 0.875 bits per heavy atom. The Hall–Kier alpha value is -3.72. The third kappa shape index (κ3) is 8.14. The standard InChI is InChI=1S/C31H38FN3O4S/c1-22(2)26-16-10-12-18-28(26)35(40(5,38)39)21-30(36)34(20-25-15-9-11-17-27(25)32)29(31(37)33-23(3)4)19-24-13-7-6-8-14-24/h6-18,22-23,29H,19-21H2,1-5H3,(H,33,37)/t29-/m1/s1. The van der Waals surface area contributed by atoms with Gasteiger partial charge in [-0.2, -0.15) is 0 Å². The molecular weight excluding hydrogens is 529 g/mol. The summed E-state index contributed by atoms with van der Waals surface area (Å²) in [5.74, 6) is -1.55. The number of hydrogen-bond acceptors (Lipinski definition) is 4. The van der Waals surface area contributed by atoms with E-state index in [2.05, 4.69) is 5.32 Å². The van der Waals surface area contributed by atoms with Crippen LogP contribution in [-0.2, 0) is 32.6 Å². The van der Waals surface area contributed by atoms with Crippen LogP contribution in [0.4, 0.5) is 10.1 Å². The molecule has 9 heteroatoms. The number of nitrogens with one attached hydrogen (secondary N) is 1. The minimum atomic E-state index is -3.90. The summed E-state index contributed by atoms with van der Waals surface area (Å²) >= 11 is 0. The van der Waals surface area contributed by atoms with Gasteiger partial charge in [-0.05, 0) is 43.0 Å². The molecule has 0 bridgehead atoms. The van der Waals surface area contributed by atoms with Gasteiger partial charge in [0, 0.05) is 24.6 Å². The lowest BCUT2D eigenvalue weighted by Gasteiger charge is -2.34. The molecule has 0 aromatic heterocycles. The Bertz CT molecular complexity index is 1410. The number of carbonyl (C=O) groups excluding carboxylic acids is 2. The quantitative estimate of drug-likeness (QED) is 0.338. The summed E-state index contributed by atoms with van der Waals surface area (Å²) in [4.78, 5) is 28.9. The maximum absolute atomic E-state index is 14.8. The van der Waals surface area contributed by atoms with E-state index >= 15 is 0 Å². The second-order valence-electron chi connectivity index (χ2n) is 10.5. The van der Waals surface area contributed by atoms with Gasteiger partial charge >= 0.3 is 0 Å². The fourth-order valence-electron chi connectivity index (χ4n) is 4.54. The lowest BCUT2D eigenvalue weighted by atomic mass is 10.0. The van der Waals surface area contributed by atoms with Gasteiger partial charge in [0.05, 0.1) is 11.9 Å². The van der Waals surface area contributed by atoms with Gasteiger partial charge in [0.15, 0.2) is 0 Å². The second kappa shape index (κ2) is 13.6. The van der Waals surface area contributed by atoms with E-state index in [0.29, 0.717) is 5.69 Å². The number of nitrogens with zero attached hydrogens (tertiary/aromatic N) is 2. The minimum absolute atomic E-state index is 0.00674. The smallest absolute Gasteiger partial charge is 0.244 e. The maximum atomic E-state index is 14.8. The van der Waals surface area contributed by atoms with Crippen LogP contribution in [-0.4, -0.2) is 50.0 Å². The van der Waals surface area contributed by atoms with Crippen LogP contribution in [0.15, 0.2) is 78.9 Å². The SMILES string of the molecule is CC(C)NC(=O)[C@@H](Cc1ccccc1)N(Cc1ccccc1F)C(=O)CN(c1ccccc1C(C)C)S(C)(=O)=O. The van der Waals surface area contributed by atoms with Crippen molar-refractivity contribution in [2.75, 3.05) is 17.1 Å².